The molecule has 4 aliphatic heterocycles. The minimum atomic E-state index is -1.12. The summed E-state index contributed by atoms with van der Waals surface area (Å²) in [4.78, 5) is 87.7. The van der Waals surface area contributed by atoms with Gasteiger partial charge in [-0.3, -0.25) is 39.5 Å². The van der Waals surface area contributed by atoms with Crippen LogP contribution in [0, 0.1) is 5.82 Å². The summed E-state index contributed by atoms with van der Waals surface area (Å²) >= 11 is 1.25. The Labute approximate surface area is 354 Å². The van der Waals surface area contributed by atoms with E-state index in [0.29, 0.717) is 68.0 Å². The van der Waals surface area contributed by atoms with Crippen LogP contribution in [0.1, 0.15) is 65.0 Å². The fourth-order valence-electron chi connectivity index (χ4n) is 8.60. The highest BCUT2D eigenvalue weighted by Crippen LogP contribution is 2.36. The van der Waals surface area contributed by atoms with Gasteiger partial charge < -0.3 is 25.0 Å². The number of amides is 5. The number of rotatable bonds is 11. The van der Waals surface area contributed by atoms with E-state index in [-0.39, 0.29) is 41.2 Å². The number of carbonyl (C=O) groups excluding carboxylic acids is 5. The number of anilines is 3. The van der Waals surface area contributed by atoms with Crippen LogP contribution < -0.4 is 20.9 Å². The summed E-state index contributed by atoms with van der Waals surface area (Å²) in [7, 11) is 0. The first-order chi connectivity index (χ1) is 29.7. The zero-order valence-corrected chi connectivity index (χ0v) is 34.0. The van der Waals surface area contributed by atoms with Gasteiger partial charge >= 0.3 is 0 Å². The minimum Gasteiger partial charge on any atom is -0.368 e. The van der Waals surface area contributed by atoms with E-state index in [1.807, 2.05) is 47.5 Å². The Morgan fingerprint density at radius 2 is 1.70 bits per heavy atom. The average Bonchev–Trinajstić information content (AvgIpc) is 4.07. The summed E-state index contributed by atoms with van der Waals surface area (Å²) in [6.45, 7) is 4.50. The van der Waals surface area contributed by atoms with Gasteiger partial charge in [-0.1, -0.05) is 18.2 Å². The Morgan fingerprint density at radius 3 is 2.39 bits per heavy atom. The lowest BCUT2D eigenvalue weighted by atomic mass is 9.90. The minimum absolute atomic E-state index is 0.0911. The zero-order valence-electron chi connectivity index (χ0n) is 33.2. The van der Waals surface area contributed by atoms with E-state index in [1.54, 1.807) is 23.8 Å². The molecule has 2 unspecified atom stereocenters. The lowest BCUT2D eigenvalue weighted by Crippen LogP contribution is -2.51. The smallest absolute Gasteiger partial charge is 0.256 e. The number of nitrogens with zero attached hydrogens (tertiary/aromatic N) is 7. The lowest BCUT2D eigenvalue weighted by molar-refractivity contribution is -0.134. The summed E-state index contributed by atoms with van der Waals surface area (Å²) in [6, 6.07) is 13.2. The number of piperazine rings is 1. The van der Waals surface area contributed by atoms with Crippen molar-refractivity contribution in [2.75, 3.05) is 61.3 Å². The highest BCUT2D eigenvalue weighted by atomic mass is 32.1. The number of fused-ring (bicyclic) bond motifs is 1. The first kappa shape index (κ1) is 39.9. The molecule has 0 saturated carbocycles. The second kappa shape index (κ2) is 17.2. The SMILES string of the molecule is O=C1CCC(Nc2ccc(C3CCN(CC(=O)N4CCN(c5ccc(-c6cc(F)c7c(c6)C(=O)N(C(C(=O)Nc6nccs6)c6ncc[nH]6)C7)cc5)CC4)CC3)cn2)C(=O)N1. The molecule has 2 aromatic carbocycles. The van der Waals surface area contributed by atoms with Crippen LogP contribution in [0.2, 0.25) is 0 Å². The van der Waals surface area contributed by atoms with E-state index in [4.69, 9.17) is 0 Å². The number of halogens is 1. The van der Waals surface area contributed by atoms with E-state index >= 15 is 4.39 Å². The molecule has 4 aliphatic rings. The number of aromatic nitrogens is 4. The Hall–Kier alpha value is -6.53. The molecule has 61 heavy (non-hydrogen) atoms. The molecule has 0 radical (unpaired) electrons. The third-order valence-electron chi connectivity index (χ3n) is 12.0. The van der Waals surface area contributed by atoms with E-state index in [9.17, 15) is 24.0 Å². The molecule has 314 valence electrons. The highest BCUT2D eigenvalue weighted by molar-refractivity contribution is 7.13. The molecule has 0 aliphatic carbocycles. The Bertz CT molecular complexity index is 2420. The van der Waals surface area contributed by atoms with E-state index in [0.717, 1.165) is 42.7 Å². The number of piperidine rings is 2. The number of hydrogen-bond acceptors (Lipinski definition) is 12. The van der Waals surface area contributed by atoms with Gasteiger partial charge in [0.2, 0.25) is 17.7 Å². The molecule has 5 aromatic rings. The van der Waals surface area contributed by atoms with Crippen molar-refractivity contribution < 1.29 is 28.4 Å². The second-order valence-electron chi connectivity index (χ2n) is 15.7. The molecule has 0 bridgehead atoms. The summed E-state index contributed by atoms with van der Waals surface area (Å²) in [5.74, 6) is -0.750. The molecule has 18 heteroatoms. The number of H-pyrrole nitrogens is 1. The molecule has 3 fully saturated rings. The van der Waals surface area contributed by atoms with Crippen LogP contribution in [0.15, 0.2) is 78.7 Å². The Morgan fingerprint density at radius 1 is 0.902 bits per heavy atom. The molecule has 0 spiro atoms. The van der Waals surface area contributed by atoms with Crippen molar-refractivity contribution in [1.82, 2.24) is 40.0 Å². The van der Waals surface area contributed by atoms with Crippen molar-refractivity contribution in [3.05, 3.63) is 107 Å². The number of hydrogen-bond donors (Lipinski definition) is 4. The molecule has 2 atom stereocenters. The predicted octanol–water partition coefficient (Wildman–Crippen LogP) is 4.15. The van der Waals surface area contributed by atoms with E-state index < -0.39 is 29.7 Å². The molecule has 7 heterocycles. The standard InChI is InChI=1S/C43H44FN11O5S/c44-33-22-29(21-31-32(33)24-55(42(31)60)38(39-45-11-12-46-39)41(59)51-43-47-13-20-61-43)26-1-4-30(5-2-26)53-16-18-54(19-17-53)37(57)25-52-14-9-27(10-15-52)28-3-7-35(48-23-28)49-34-6-8-36(56)50-40(34)58/h1-5,7,11-13,20-23,27,34,38H,6,8-10,14-19,24-25H2,(H,45,46)(H,48,49)(H,47,51,59)(H,50,56,58). The van der Waals surface area contributed by atoms with Crippen LogP contribution in [-0.2, 0) is 25.7 Å². The Kier molecular flexibility index (Phi) is 11.3. The van der Waals surface area contributed by atoms with E-state index in [2.05, 4.69) is 45.7 Å². The fraction of sp³-hybridized carbons (Fsp3) is 0.349. The third kappa shape index (κ3) is 8.58. The van der Waals surface area contributed by atoms with Crippen molar-refractivity contribution in [2.45, 2.75) is 50.2 Å². The average molecular weight is 846 g/mol. The molecule has 9 rings (SSSR count). The maximum Gasteiger partial charge on any atom is 0.256 e. The summed E-state index contributed by atoms with van der Waals surface area (Å²) < 4.78 is 15.7. The maximum absolute atomic E-state index is 15.7. The summed E-state index contributed by atoms with van der Waals surface area (Å²) in [5, 5.41) is 10.3. The van der Waals surface area contributed by atoms with Crippen molar-refractivity contribution >= 4 is 57.5 Å². The normalized spacial score (nSPS) is 19.1. The van der Waals surface area contributed by atoms with Gasteiger partial charge in [0.1, 0.15) is 23.5 Å². The number of thiazole rings is 1. The van der Waals surface area contributed by atoms with Crippen molar-refractivity contribution in [2.24, 2.45) is 0 Å². The number of pyridine rings is 1. The van der Waals surface area contributed by atoms with Crippen molar-refractivity contribution in [3.63, 3.8) is 0 Å². The van der Waals surface area contributed by atoms with Crippen LogP contribution >= 0.6 is 11.3 Å². The Balaban J connectivity index is 0.757. The van der Waals surface area contributed by atoms with Crippen molar-refractivity contribution in [3.8, 4) is 11.1 Å². The van der Waals surface area contributed by atoms with Crippen LogP contribution in [0.25, 0.3) is 11.1 Å². The molecule has 3 aromatic heterocycles. The summed E-state index contributed by atoms with van der Waals surface area (Å²) in [5.41, 5.74) is 3.85. The monoisotopic (exact) mass is 845 g/mol. The van der Waals surface area contributed by atoms with E-state index in [1.165, 1.54) is 28.5 Å². The van der Waals surface area contributed by atoms with Crippen LogP contribution in [0.3, 0.4) is 0 Å². The number of imidazole rings is 1. The van der Waals surface area contributed by atoms with Gasteiger partial charge in [0.05, 0.1) is 13.1 Å². The molecule has 4 N–H and O–H groups in total. The first-order valence-electron chi connectivity index (χ1n) is 20.4. The fourth-order valence-corrected chi connectivity index (χ4v) is 9.13. The van der Waals surface area contributed by atoms with Crippen LogP contribution in [0.4, 0.5) is 21.0 Å². The molecular formula is C43H44FN11O5S. The van der Waals surface area contributed by atoms with Crippen LogP contribution in [-0.4, -0.2) is 116 Å². The topological polar surface area (TPSA) is 189 Å². The number of imide groups is 1. The summed E-state index contributed by atoms with van der Waals surface area (Å²) in [6.07, 6.45) is 9.07. The molecule has 3 saturated heterocycles. The van der Waals surface area contributed by atoms with Gasteiger partial charge in [0, 0.05) is 79.6 Å². The quantitative estimate of drug-likeness (QED) is 0.140. The van der Waals surface area contributed by atoms with Gasteiger partial charge in [0.15, 0.2) is 11.2 Å². The largest absolute Gasteiger partial charge is 0.368 e. The predicted molar refractivity (Wildman–Crippen MR) is 225 cm³/mol. The van der Waals surface area contributed by atoms with Gasteiger partial charge in [-0.2, -0.15) is 0 Å². The van der Waals surface area contributed by atoms with Gasteiger partial charge in [-0.25, -0.2) is 19.3 Å². The lowest BCUT2D eigenvalue weighted by Gasteiger charge is -2.38. The third-order valence-corrected chi connectivity index (χ3v) is 12.7. The van der Waals surface area contributed by atoms with Gasteiger partial charge in [-0.15, -0.1) is 11.3 Å². The molecule has 5 amide bonds. The number of nitrogens with one attached hydrogen (secondary N) is 4. The molecule has 16 nitrogen and oxygen atoms in total. The molecular weight excluding hydrogens is 802 g/mol. The maximum atomic E-state index is 15.7. The number of aromatic amines is 1. The zero-order chi connectivity index (χ0) is 42.0. The van der Waals surface area contributed by atoms with Gasteiger partial charge in [0.25, 0.3) is 11.8 Å². The highest BCUT2D eigenvalue weighted by Gasteiger charge is 2.41. The van der Waals surface area contributed by atoms with Crippen molar-refractivity contribution in [1.29, 1.82) is 0 Å². The first-order valence-corrected chi connectivity index (χ1v) is 21.3. The number of likely N-dealkylation sites (tertiary alicyclic amines) is 1. The number of benzene rings is 2. The second-order valence-corrected chi connectivity index (χ2v) is 16.6. The van der Waals surface area contributed by atoms with Gasteiger partial charge in [-0.05, 0) is 85.3 Å². The number of carbonyl (C=O) groups is 5. The van der Waals surface area contributed by atoms with Crippen LogP contribution in [0.5, 0.6) is 0 Å².